The third-order valence-electron chi connectivity index (χ3n) is 2.14. The largest absolute Gasteiger partial charge is 0.241 e. The Kier molecular flexibility index (Phi) is 1.62. The quantitative estimate of drug-likeness (QED) is 0.613. The molecule has 0 fully saturated rings. The second-order valence-electron chi connectivity index (χ2n) is 4.26. The zero-order valence-corrected chi connectivity index (χ0v) is 8.15. The number of hydrogen-bond donors (Lipinski definition) is 0. The van der Waals surface area contributed by atoms with Crippen molar-refractivity contribution in [1.29, 1.82) is 0 Å². The van der Waals surface area contributed by atoms with E-state index >= 15 is 0 Å². The van der Waals surface area contributed by atoms with Crippen LogP contribution in [0.4, 0.5) is 0 Å². The van der Waals surface area contributed by atoms with E-state index in [0.717, 1.165) is 5.52 Å². The minimum Gasteiger partial charge on any atom is -0.241 e. The molecule has 2 aromatic rings. The van der Waals surface area contributed by atoms with Crippen LogP contribution >= 0.6 is 0 Å². The zero-order chi connectivity index (χ0) is 9.47. The molecular formula is C10H13N3. The van der Waals surface area contributed by atoms with Crippen LogP contribution in [0.25, 0.3) is 5.52 Å². The molecule has 2 rings (SSSR count). The van der Waals surface area contributed by atoms with Crippen molar-refractivity contribution in [1.82, 2.24) is 14.6 Å². The summed E-state index contributed by atoms with van der Waals surface area (Å²) in [5.41, 5.74) is 2.51. The lowest BCUT2D eigenvalue weighted by atomic mass is 9.89. The predicted octanol–water partition coefficient (Wildman–Crippen LogP) is 2.03. The molecule has 0 radical (unpaired) electrons. The third kappa shape index (κ3) is 1.41. The molecule has 13 heavy (non-hydrogen) atoms. The van der Waals surface area contributed by atoms with Gasteiger partial charge in [0.1, 0.15) is 6.33 Å². The monoisotopic (exact) mass is 175 g/mol. The Morgan fingerprint density at radius 3 is 2.69 bits per heavy atom. The Balaban J connectivity index is 2.63. The molecule has 2 aromatic heterocycles. The molecule has 3 heteroatoms. The van der Waals surface area contributed by atoms with Crippen molar-refractivity contribution in [2.75, 3.05) is 0 Å². The number of aromatic nitrogens is 3. The van der Waals surface area contributed by atoms with Crippen molar-refractivity contribution >= 4 is 5.52 Å². The van der Waals surface area contributed by atoms with Gasteiger partial charge < -0.3 is 0 Å². The Hall–Kier alpha value is -1.38. The molecule has 68 valence electrons. The molecule has 0 saturated heterocycles. The smallest absolute Gasteiger partial charge is 0.136 e. The van der Waals surface area contributed by atoms with Crippen molar-refractivity contribution in [3.63, 3.8) is 0 Å². The van der Waals surface area contributed by atoms with Gasteiger partial charge in [-0.3, -0.25) is 0 Å². The Morgan fingerprint density at radius 1 is 1.31 bits per heavy atom. The van der Waals surface area contributed by atoms with E-state index in [1.165, 1.54) is 5.56 Å². The van der Waals surface area contributed by atoms with Gasteiger partial charge in [-0.25, -0.2) is 9.50 Å². The molecule has 3 nitrogen and oxygen atoms in total. The fraction of sp³-hybridized carbons (Fsp3) is 0.400. The SMILES string of the molecule is CC(C)(C)c1cc2cncnn2c1. The lowest BCUT2D eigenvalue weighted by Gasteiger charge is -2.15. The van der Waals surface area contributed by atoms with Crippen LogP contribution < -0.4 is 0 Å². The molecule has 0 aromatic carbocycles. The first-order valence-electron chi connectivity index (χ1n) is 4.36. The number of nitrogens with zero attached hydrogens (tertiary/aromatic N) is 3. The topological polar surface area (TPSA) is 30.2 Å². The van der Waals surface area contributed by atoms with Crippen molar-refractivity contribution < 1.29 is 0 Å². The fourth-order valence-corrected chi connectivity index (χ4v) is 1.27. The number of rotatable bonds is 0. The average Bonchev–Trinajstić information content (AvgIpc) is 2.45. The Bertz CT molecular complexity index is 390. The highest BCUT2D eigenvalue weighted by Gasteiger charge is 2.15. The van der Waals surface area contributed by atoms with Gasteiger partial charge in [0, 0.05) is 6.20 Å². The van der Waals surface area contributed by atoms with E-state index in [0.29, 0.717) is 0 Å². The molecular weight excluding hydrogens is 162 g/mol. The van der Waals surface area contributed by atoms with Crippen molar-refractivity contribution in [2.45, 2.75) is 26.2 Å². The molecule has 2 heterocycles. The first-order valence-corrected chi connectivity index (χ1v) is 4.36. The van der Waals surface area contributed by atoms with Crippen LogP contribution in [0, 0.1) is 0 Å². The molecule has 0 aliphatic heterocycles. The molecule has 0 N–H and O–H groups in total. The second-order valence-corrected chi connectivity index (χ2v) is 4.26. The van der Waals surface area contributed by atoms with E-state index < -0.39 is 0 Å². The van der Waals surface area contributed by atoms with Gasteiger partial charge in [0.2, 0.25) is 0 Å². The van der Waals surface area contributed by atoms with Gasteiger partial charge in [0.15, 0.2) is 0 Å². The maximum absolute atomic E-state index is 4.12. The van der Waals surface area contributed by atoms with Gasteiger partial charge >= 0.3 is 0 Å². The van der Waals surface area contributed by atoms with Crippen LogP contribution in [-0.2, 0) is 5.41 Å². The predicted molar refractivity (Wildman–Crippen MR) is 51.7 cm³/mol. The van der Waals surface area contributed by atoms with E-state index in [2.05, 4.69) is 43.1 Å². The highest BCUT2D eigenvalue weighted by molar-refractivity contribution is 5.48. The molecule has 0 saturated carbocycles. The van der Waals surface area contributed by atoms with E-state index in [4.69, 9.17) is 0 Å². The molecule has 0 bridgehead atoms. The first kappa shape index (κ1) is 8.23. The van der Waals surface area contributed by atoms with Crippen LogP contribution in [0.2, 0.25) is 0 Å². The molecule has 0 amide bonds. The van der Waals surface area contributed by atoms with Crippen LogP contribution in [0.15, 0.2) is 24.8 Å². The molecule has 0 atom stereocenters. The van der Waals surface area contributed by atoms with E-state index in [1.807, 2.05) is 10.7 Å². The zero-order valence-electron chi connectivity index (χ0n) is 8.15. The van der Waals surface area contributed by atoms with Gasteiger partial charge in [-0.05, 0) is 17.0 Å². The summed E-state index contributed by atoms with van der Waals surface area (Å²) >= 11 is 0. The summed E-state index contributed by atoms with van der Waals surface area (Å²) in [7, 11) is 0. The number of hydrogen-bond acceptors (Lipinski definition) is 2. The second kappa shape index (κ2) is 2.55. The standard InChI is InChI=1S/C10H13N3/c1-10(2,3)8-4-9-5-11-7-12-13(9)6-8/h4-7H,1-3H3. The highest BCUT2D eigenvalue weighted by atomic mass is 15.2. The minimum atomic E-state index is 0.174. The molecule has 0 spiro atoms. The summed E-state index contributed by atoms with van der Waals surface area (Å²) in [6, 6.07) is 2.12. The first-order chi connectivity index (χ1) is 6.07. The number of fused-ring (bicyclic) bond motifs is 1. The summed E-state index contributed by atoms with van der Waals surface area (Å²) in [5.74, 6) is 0. The van der Waals surface area contributed by atoms with Crippen molar-refractivity contribution in [2.24, 2.45) is 0 Å². The van der Waals surface area contributed by atoms with Crippen LogP contribution in [0.3, 0.4) is 0 Å². The average molecular weight is 175 g/mol. The Labute approximate surface area is 77.4 Å². The molecule has 0 unspecified atom stereocenters. The van der Waals surface area contributed by atoms with Crippen LogP contribution in [-0.4, -0.2) is 14.6 Å². The van der Waals surface area contributed by atoms with Crippen molar-refractivity contribution in [3.05, 3.63) is 30.4 Å². The molecule has 0 aliphatic carbocycles. The minimum absolute atomic E-state index is 0.174. The van der Waals surface area contributed by atoms with Gasteiger partial charge in [0.05, 0.1) is 11.7 Å². The normalized spacial score (nSPS) is 12.2. The molecule has 0 aliphatic rings. The maximum atomic E-state index is 4.12. The van der Waals surface area contributed by atoms with Crippen LogP contribution in [0.5, 0.6) is 0 Å². The van der Waals surface area contributed by atoms with Gasteiger partial charge in [-0.15, -0.1) is 0 Å². The lowest BCUT2D eigenvalue weighted by Crippen LogP contribution is -2.09. The van der Waals surface area contributed by atoms with E-state index in [1.54, 1.807) is 6.33 Å². The van der Waals surface area contributed by atoms with Crippen molar-refractivity contribution in [3.8, 4) is 0 Å². The summed E-state index contributed by atoms with van der Waals surface area (Å²) < 4.78 is 1.85. The van der Waals surface area contributed by atoms with E-state index in [9.17, 15) is 0 Å². The van der Waals surface area contributed by atoms with Gasteiger partial charge in [-0.2, -0.15) is 5.10 Å². The highest BCUT2D eigenvalue weighted by Crippen LogP contribution is 2.23. The summed E-state index contributed by atoms with van der Waals surface area (Å²) in [6.45, 7) is 6.57. The summed E-state index contributed by atoms with van der Waals surface area (Å²) in [6.07, 6.45) is 5.43. The summed E-state index contributed by atoms with van der Waals surface area (Å²) in [5, 5.41) is 4.12. The van der Waals surface area contributed by atoms with E-state index in [-0.39, 0.29) is 5.41 Å². The lowest BCUT2D eigenvalue weighted by molar-refractivity contribution is 0.589. The van der Waals surface area contributed by atoms with Gasteiger partial charge in [-0.1, -0.05) is 20.8 Å². The van der Waals surface area contributed by atoms with Gasteiger partial charge in [0.25, 0.3) is 0 Å². The third-order valence-corrected chi connectivity index (χ3v) is 2.14. The Morgan fingerprint density at radius 2 is 2.08 bits per heavy atom. The summed E-state index contributed by atoms with van der Waals surface area (Å²) in [4.78, 5) is 3.98. The fourth-order valence-electron chi connectivity index (χ4n) is 1.27. The van der Waals surface area contributed by atoms with Crippen LogP contribution in [0.1, 0.15) is 26.3 Å². The maximum Gasteiger partial charge on any atom is 0.136 e.